The van der Waals surface area contributed by atoms with E-state index in [0.29, 0.717) is 31.1 Å². The van der Waals surface area contributed by atoms with Gasteiger partial charge in [-0.05, 0) is 42.5 Å². The Hall–Kier alpha value is -1.17. The summed E-state index contributed by atoms with van der Waals surface area (Å²) in [6, 6.07) is 5.88. The molecule has 1 aliphatic heterocycles. The monoisotopic (exact) mass is 484 g/mol. The molecule has 33 heavy (non-hydrogen) atoms. The van der Waals surface area contributed by atoms with Crippen LogP contribution in [0.2, 0.25) is 5.02 Å². The molecule has 1 saturated heterocycles. The van der Waals surface area contributed by atoms with Crippen LogP contribution < -0.4 is 0 Å². The number of ether oxygens (including phenoxy) is 2. The first kappa shape index (κ1) is 34.0. The van der Waals surface area contributed by atoms with Crippen LogP contribution in [-0.2, 0) is 15.9 Å². The zero-order chi connectivity index (χ0) is 25.6. The first-order valence-electron chi connectivity index (χ1n) is 12.7. The van der Waals surface area contributed by atoms with Gasteiger partial charge in [0, 0.05) is 24.5 Å². The number of aliphatic hydroxyl groups is 2. The number of allylic oxidation sites excluding steroid dienone is 3. The number of hydrogen-bond donors (Lipinski definition) is 2. The van der Waals surface area contributed by atoms with Crippen LogP contribution in [-0.4, -0.2) is 42.2 Å². The molecule has 1 heterocycles. The van der Waals surface area contributed by atoms with Crippen LogP contribution in [0.25, 0.3) is 0 Å². The fourth-order valence-electron chi connectivity index (χ4n) is 3.32. The topological polar surface area (TPSA) is 58.9 Å². The summed E-state index contributed by atoms with van der Waals surface area (Å²) in [7, 11) is 0. The van der Waals surface area contributed by atoms with E-state index in [0.717, 1.165) is 24.0 Å². The number of halogens is 1. The van der Waals surface area contributed by atoms with Crippen molar-refractivity contribution in [3.05, 3.63) is 58.1 Å². The van der Waals surface area contributed by atoms with E-state index >= 15 is 0 Å². The highest BCUT2D eigenvalue weighted by Crippen LogP contribution is 2.33. The second-order valence-electron chi connectivity index (χ2n) is 6.83. The van der Waals surface area contributed by atoms with Gasteiger partial charge in [-0.1, -0.05) is 90.4 Å². The maximum Gasteiger partial charge on any atom is 0.0854 e. The van der Waals surface area contributed by atoms with Crippen LogP contribution in [0, 0.1) is 0 Å². The number of aliphatic hydroxyl groups excluding tert-OH is 2. The van der Waals surface area contributed by atoms with E-state index in [-0.39, 0.29) is 18.8 Å². The van der Waals surface area contributed by atoms with Gasteiger partial charge in [-0.3, -0.25) is 0 Å². The van der Waals surface area contributed by atoms with E-state index in [9.17, 15) is 10.2 Å². The predicted octanol–water partition coefficient (Wildman–Crippen LogP) is 7.46. The Morgan fingerprint density at radius 2 is 1.79 bits per heavy atom. The number of hydrogen-bond acceptors (Lipinski definition) is 4. The Bertz CT molecular complexity index is 643. The highest BCUT2D eigenvalue weighted by molar-refractivity contribution is 6.31. The highest BCUT2D eigenvalue weighted by atomic mass is 35.5. The van der Waals surface area contributed by atoms with E-state index in [2.05, 4.69) is 25.1 Å². The van der Waals surface area contributed by atoms with Crippen molar-refractivity contribution in [3.63, 3.8) is 0 Å². The van der Waals surface area contributed by atoms with E-state index in [1.54, 1.807) is 0 Å². The third kappa shape index (κ3) is 14.0. The van der Waals surface area contributed by atoms with E-state index in [1.807, 2.05) is 66.7 Å². The predicted molar refractivity (Wildman–Crippen MR) is 143 cm³/mol. The van der Waals surface area contributed by atoms with Crippen LogP contribution >= 0.6 is 11.6 Å². The maximum atomic E-state index is 10.1. The lowest BCUT2D eigenvalue weighted by molar-refractivity contribution is -0.113. The molecule has 1 aromatic rings. The van der Waals surface area contributed by atoms with Crippen molar-refractivity contribution in [2.75, 3.05) is 19.8 Å². The van der Waals surface area contributed by atoms with Gasteiger partial charge in [0.2, 0.25) is 0 Å². The maximum absolute atomic E-state index is 10.1. The summed E-state index contributed by atoms with van der Waals surface area (Å²) in [5.41, 5.74) is 3.20. The second-order valence-corrected chi connectivity index (χ2v) is 7.24. The van der Waals surface area contributed by atoms with Crippen molar-refractivity contribution in [3.8, 4) is 0 Å². The summed E-state index contributed by atoms with van der Waals surface area (Å²) >= 11 is 6.44. The summed E-state index contributed by atoms with van der Waals surface area (Å²) in [5.74, 6) is 0. The molecule has 2 rings (SSSR count). The molecule has 192 valence electrons. The number of benzene rings is 1. The Labute approximate surface area is 208 Å². The van der Waals surface area contributed by atoms with Crippen molar-refractivity contribution in [1.82, 2.24) is 0 Å². The summed E-state index contributed by atoms with van der Waals surface area (Å²) in [4.78, 5) is 0. The Morgan fingerprint density at radius 3 is 2.36 bits per heavy atom. The third-order valence-corrected chi connectivity index (χ3v) is 5.00. The molecule has 0 spiro atoms. The fourth-order valence-corrected chi connectivity index (χ4v) is 3.50. The van der Waals surface area contributed by atoms with Gasteiger partial charge >= 0.3 is 0 Å². The van der Waals surface area contributed by atoms with Crippen LogP contribution in [0.4, 0.5) is 0 Å². The molecule has 0 saturated carbocycles. The zero-order valence-corrected chi connectivity index (χ0v) is 23.0. The van der Waals surface area contributed by atoms with Crippen molar-refractivity contribution in [2.45, 2.75) is 99.4 Å². The fraction of sp³-hybridized carbons (Fsp3) is 0.643. The second kappa shape index (κ2) is 22.6. The molecule has 1 aromatic carbocycles. The average Bonchev–Trinajstić information content (AvgIpc) is 2.86. The minimum atomic E-state index is -0.461. The first-order valence-corrected chi connectivity index (χ1v) is 13.1. The minimum Gasteiger partial charge on any atom is -0.394 e. The van der Waals surface area contributed by atoms with Gasteiger partial charge in [-0.2, -0.15) is 0 Å². The molecule has 1 aliphatic rings. The Morgan fingerprint density at radius 1 is 1.12 bits per heavy atom. The molecular formula is C28H49ClO4. The van der Waals surface area contributed by atoms with Gasteiger partial charge in [0.25, 0.3) is 0 Å². The summed E-state index contributed by atoms with van der Waals surface area (Å²) in [6.45, 7) is 17.3. The molecule has 5 heteroatoms. The molecule has 1 fully saturated rings. The van der Waals surface area contributed by atoms with Crippen molar-refractivity contribution >= 4 is 11.6 Å². The molecule has 0 radical (unpaired) electrons. The largest absolute Gasteiger partial charge is 0.394 e. The molecule has 3 atom stereocenters. The third-order valence-electron chi connectivity index (χ3n) is 4.63. The van der Waals surface area contributed by atoms with E-state index in [1.165, 1.54) is 5.57 Å². The van der Waals surface area contributed by atoms with Crippen LogP contribution in [0.3, 0.4) is 0 Å². The molecule has 0 aliphatic carbocycles. The summed E-state index contributed by atoms with van der Waals surface area (Å²) < 4.78 is 11.3. The van der Waals surface area contributed by atoms with Crippen molar-refractivity contribution < 1.29 is 19.7 Å². The number of rotatable bonds is 9. The van der Waals surface area contributed by atoms with Crippen LogP contribution in [0.15, 0.2) is 42.0 Å². The lowest BCUT2D eigenvalue weighted by Gasteiger charge is -2.32. The van der Waals surface area contributed by atoms with Crippen molar-refractivity contribution in [1.29, 1.82) is 0 Å². The quantitative estimate of drug-likeness (QED) is 0.282. The first-order chi connectivity index (χ1) is 16.1. The molecular weight excluding hydrogens is 436 g/mol. The van der Waals surface area contributed by atoms with Gasteiger partial charge in [-0.15, -0.1) is 0 Å². The Kier molecular flexibility index (Phi) is 23.3. The molecule has 2 N–H and O–H groups in total. The van der Waals surface area contributed by atoms with Crippen molar-refractivity contribution in [2.24, 2.45) is 0 Å². The van der Waals surface area contributed by atoms with Gasteiger partial charge < -0.3 is 19.7 Å². The standard InChI is InChI=1S/C22H31ClO4.3C2H6/c1-3-6-16(7-5-10-26-4-2)11-18-12-17(8-9-21(18)23)22-14-19(25)13-20(15-24)27-22;3*1-2/h5-9,12,19-20,22,24-25H,3-4,10-11,13-15H2,1-2H3;3*1-2H3/b7-5-,16-6+;;;. The Balaban J connectivity index is 0. The lowest BCUT2D eigenvalue weighted by atomic mass is 9.94. The van der Waals surface area contributed by atoms with Gasteiger partial charge in [0.15, 0.2) is 0 Å². The zero-order valence-electron chi connectivity index (χ0n) is 22.2. The summed E-state index contributed by atoms with van der Waals surface area (Å²) in [6.07, 6.45) is 7.96. The van der Waals surface area contributed by atoms with Gasteiger partial charge in [0.05, 0.1) is 31.5 Å². The lowest BCUT2D eigenvalue weighted by Crippen LogP contribution is -2.33. The normalized spacial score (nSPS) is 20.1. The van der Waals surface area contributed by atoms with Gasteiger partial charge in [-0.25, -0.2) is 0 Å². The minimum absolute atomic E-state index is 0.0813. The van der Waals surface area contributed by atoms with Crippen LogP contribution in [0.5, 0.6) is 0 Å². The van der Waals surface area contributed by atoms with E-state index < -0.39 is 6.10 Å². The molecule has 4 nitrogen and oxygen atoms in total. The van der Waals surface area contributed by atoms with E-state index in [4.69, 9.17) is 21.1 Å². The molecule has 3 unspecified atom stereocenters. The smallest absolute Gasteiger partial charge is 0.0854 e. The molecule has 0 amide bonds. The van der Waals surface area contributed by atoms with Gasteiger partial charge in [0.1, 0.15) is 0 Å². The average molecular weight is 485 g/mol. The summed E-state index contributed by atoms with van der Waals surface area (Å²) in [5, 5.41) is 20.2. The highest BCUT2D eigenvalue weighted by Gasteiger charge is 2.29. The SMILES string of the molecule is CC.CC.CC.CC/C=C(\C=C/COCC)Cc1cc(C2CC(O)CC(CO)O2)ccc1Cl. The molecule has 0 aromatic heterocycles. The molecule has 0 bridgehead atoms. The van der Waals surface area contributed by atoms with Crippen LogP contribution in [0.1, 0.15) is 91.9 Å².